The standard InChI is InChI=1S/C10H12N2O4/c1-15-9(13)7(5-11)3-4-8(6-12)10(14)16-2/h7-8H,3-4H2,1-2H3. The number of methoxy groups -OCH3 is 2. The van der Waals surface area contributed by atoms with E-state index in [-0.39, 0.29) is 12.8 Å². The molecule has 0 bridgehead atoms. The molecule has 0 N–H and O–H groups in total. The molecule has 6 nitrogen and oxygen atoms in total. The van der Waals surface area contributed by atoms with E-state index in [4.69, 9.17) is 10.5 Å². The minimum atomic E-state index is -0.953. The second kappa shape index (κ2) is 7.24. The monoisotopic (exact) mass is 224 g/mol. The summed E-state index contributed by atoms with van der Waals surface area (Å²) in [4.78, 5) is 22.1. The molecule has 0 radical (unpaired) electrons. The van der Waals surface area contributed by atoms with Crippen LogP contribution in [0.15, 0.2) is 0 Å². The van der Waals surface area contributed by atoms with Gasteiger partial charge in [0.05, 0.1) is 26.4 Å². The fraction of sp³-hybridized carbons (Fsp3) is 0.600. The third-order valence-electron chi connectivity index (χ3n) is 2.03. The summed E-state index contributed by atoms with van der Waals surface area (Å²) in [6.07, 6.45) is 0.188. The Morgan fingerprint density at radius 1 is 1.00 bits per heavy atom. The van der Waals surface area contributed by atoms with E-state index in [2.05, 4.69) is 9.47 Å². The van der Waals surface area contributed by atoms with E-state index in [0.29, 0.717) is 0 Å². The van der Waals surface area contributed by atoms with Gasteiger partial charge in [-0.2, -0.15) is 10.5 Å². The van der Waals surface area contributed by atoms with E-state index < -0.39 is 23.8 Å². The highest BCUT2D eigenvalue weighted by Gasteiger charge is 2.24. The summed E-state index contributed by atoms with van der Waals surface area (Å²) >= 11 is 0. The van der Waals surface area contributed by atoms with Crippen molar-refractivity contribution in [3.8, 4) is 12.1 Å². The number of hydrogen-bond donors (Lipinski definition) is 0. The lowest BCUT2D eigenvalue weighted by Crippen LogP contribution is -2.19. The van der Waals surface area contributed by atoms with Gasteiger partial charge in [0.1, 0.15) is 11.8 Å². The van der Waals surface area contributed by atoms with Gasteiger partial charge in [-0.05, 0) is 12.8 Å². The van der Waals surface area contributed by atoms with Crippen LogP contribution in [0.3, 0.4) is 0 Å². The van der Waals surface area contributed by atoms with Crippen LogP contribution in [0.25, 0.3) is 0 Å². The highest BCUT2D eigenvalue weighted by molar-refractivity contribution is 5.76. The van der Waals surface area contributed by atoms with Crippen LogP contribution in [0.4, 0.5) is 0 Å². The SMILES string of the molecule is COC(=O)C(C#N)CCC(C#N)C(=O)OC. The summed E-state index contributed by atoms with van der Waals surface area (Å²) in [5.74, 6) is -3.23. The van der Waals surface area contributed by atoms with Gasteiger partial charge in [-0.3, -0.25) is 9.59 Å². The van der Waals surface area contributed by atoms with Crippen molar-refractivity contribution in [1.82, 2.24) is 0 Å². The minimum absolute atomic E-state index is 0.0938. The lowest BCUT2D eigenvalue weighted by Gasteiger charge is -2.09. The Bertz CT molecular complexity index is 306. The molecule has 0 saturated carbocycles. The first-order valence-electron chi connectivity index (χ1n) is 4.55. The average Bonchev–Trinajstić information content (AvgIpc) is 2.33. The Morgan fingerprint density at radius 2 is 1.31 bits per heavy atom. The Hall–Kier alpha value is -2.08. The van der Waals surface area contributed by atoms with Crippen molar-refractivity contribution >= 4 is 11.9 Å². The lowest BCUT2D eigenvalue weighted by molar-refractivity contribution is -0.146. The maximum atomic E-state index is 11.0. The highest BCUT2D eigenvalue weighted by atomic mass is 16.5. The van der Waals surface area contributed by atoms with Crippen LogP contribution in [-0.2, 0) is 19.1 Å². The van der Waals surface area contributed by atoms with Crippen molar-refractivity contribution in [2.45, 2.75) is 12.8 Å². The molecule has 0 spiro atoms. The van der Waals surface area contributed by atoms with Crippen LogP contribution in [-0.4, -0.2) is 26.2 Å². The second-order valence-electron chi connectivity index (χ2n) is 2.99. The first-order valence-corrected chi connectivity index (χ1v) is 4.55. The smallest absolute Gasteiger partial charge is 0.323 e. The third kappa shape index (κ3) is 3.97. The van der Waals surface area contributed by atoms with E-state index in [0.717, 1.165) is 0 Å². The third-order valence-corrected chi connectivity index (χ3v) is 2.03. The van der Waals surface area contributed by atoms with Crippen LogP contribution in [0.5, 0.6) is 0 Å². The summed E-state index contributed by atoms with van der Waals surface area (Å²) in [7, 11) is 2.35. The zero-order valence-corrected chi connectivity index (χ0v) is 9.10. The predicted octanol–water partition coefficient (Wildman–Crippen LogP) is 0.392. The van der Waals surface area contributed by atoms with Gasteiger partial charge in [0.15, 0.2) is 0 Å². The van der Waals surface area contributed by atoms with Crippen LogP contribution >= 0.6 is 0 Å². The van der Waals surface area contributed by atoms with Gasteiger partial charge in [0.2, 0.25) is 0 Å². The summed E-state index contributed by atoms with van der Waals surface area (Å²) in [5.41, 5.74) is 0. The molecule has 0 heterocycles. The number of esters is 2. The molecule has 0 aromatic heterocycles. The van der Waals surface area contributed by atoms with Gasteiger partial charge in [-0.1, -0.05) is 0 Å². The molecule has 16 heavy (non-hydrogen) atoms. The molecule has 0 aromatic rings. The Labute approximate surface area is 93.4 Å². The van der Waals surface area contributed by atoms with E-state index in [1.807, 2.05) is 0 Å². The Balaban J connectivity index is 4.32. The van der Waals surface area contributed by atoms with Gasteiger partial charge in [-0.25, -0.2) is 0 Å². The number of nitriles is 2. The highest BCUT2D eigenvalue weighted by Crippen LogP contribution is 2.14. The molecule has 0 aromatic carbocycles. The molecular formula is C10H12N2O4. The van der Waals surface area contributed by atoms with E-state index in [1.165, 1.54) is 14.2 Å². The van der Waals surface area contributed by atoms with Crippen molar-refractivity contribution in [1.29, 1.82) is 10.5 Å². The van der Waals surface area contributed by atoms with Crippen LogP contribution < -0.4 is 0 Å². The Kier molecular flexibility index (Phi) is 6.30. The maximum absolute atomic E-state index is 11.0. The topological polar surface area (TPSA) is 100 Å². The molecule has 0 aliphatic rings. The summed E-state index contributed by atoms with van der Waals surface area (Å²) in [6, 6.07) is 3.51. The maximum Gasteiger partial charge on any atom is 0.323 e. The van der Waals surface area contributed by atoms with Gasteiger partial charge in [-0.15, -0.1) is 0 Å². The average molecular weight is 224 g/mol. The van der Waals surface area contributed by atoms with Crippen LogP contribution in [0.1, 0.15) is 12.8 Å². The summed E-state index contributed by atoms with van der Waals surface area (Å²) in [5, 5.41) is 17.3. The normalized spacial score (nSPS) is 12.8. The molecule has 2 atom stereocenters. The summed E-state index contributed by atoms with van der Waals surface area (Å²) < 4.78 is 8.79. The second-order valence-corrected chi connectivity index (χ2v) is 2.99. The minimum Gasteiger partial charge on any atom is -0.468 e. The van der Waals surface area contributed by atoms with Gasteiger partial charge in [0.25, 0.3) is 0 Å². The van der Waals surface area contributed by atoms with Gasteiger partial charge in [0, 0.05) is 0 Å². The zero-order chi connectivity index (χ0) is 12.6. The molecule has 0 saturated heterocycles. The summed E-state index contributed by atoms with van der Waals surface area (Å²) in [6.45, 7) is 0. The number of nitrogens with zero attached hydrogens (tertiary/aromatic N) is 2. The van der Waals surface area contributed by atoms with E-state index in [1.54, 1.807) is 12.1 Å². The lowest BCUT2D eigenvalue weighted by atomic mass is 9.97. The Morgan fingerprint density at radius 3 is 1.50 bits per heavy atom. The van der Waals surface area contributed by atoms with E-state index >= 15 is 0 Å². The molecular weight excluding hydrogens is 212 g/mol. The first-order chi connectivity index (χ1) is 7.60. The molecule has 0 aliphatic carbocycles. The fourth-order valence-corrected chi connectivity index (χ4v) is 1.09. The number of carbonyl (C=O) groups excluding carboxylic acids is 2. The molecule has 0 rings (SSSR count). The predicted molar refractivity (Wildman–Crippen MR) is 51.5 cm³/mol. The van der Waals surface area contributed by atoms with Gasteiger partial charge >= 0.3 is 11.9 Å². The molecule has 86 valence electrons. The number of hydrogen-bond acceptors (Lipinski definition) is 6. The molecule has 6 heteroatoms. The number of carbonyl (C=O) groups is 2. The molecule has 0 fully saturated rings. The molecule has 0 aliphatic heterocycles. The largest absolute Gasteiger partial charge is 0.468 e. The van der Waals surface area contributed by atoms with Crippen molar-refractivity contribution in [3.63, 3.8) is 0 Å². The van der Waals surface area contributed by atoms with Crippen molar-refractivity contribution in [3.05, 3.63) is 0 Å². The molecule has 2 unspecified atom stereocenters. The van der Waals surface area contributed by atoms with Crippen molar-refractivity contribution in [2.75, 3.05) is 14.2 Å². The fourth-order valence-electron chi connectivity index (χ4n) is 1.09. The number of ether oxygens (including phenoxy) is 2. The van der Waals surface area contributed by atoms with E-state index in [9.17, 15) is 9.59 Å². The van der Waals surface area contributed by atoms with Crippen LogP contribution in [0.2, 0.25) is 0 Å². The number of rotatable bonds is 5. The van der Waals surface area contributed by atoms with Crippen molar-refractivity contribution < 1.29 is 19.1 Å². The first kappa shape index (κ1) is 13.9. The van der Waals surface area contributed by atoms with Crippen molar-refractivity contribution in [2.24, 2.45) is 11.8 Å². The zero-order valence-electron chi connectivity index (χ0n) is 9.10. The van der Waals surface area contributed by atoms with Crippen LogP contribution in [0, 0.1) is 34.5 Å². The van der Waals surface area contributed by atoms with Gasteiger partial charge < -0.3 is 9.47 Å². The molecule has 0 amide bonds. The quantitative estimate of drug-likeness (QED) is 0.626.